The molecule has 1 aromatic heterocycles. The van der Waals surface area contributed by atoms with E-state index in [-0.39, 0.29) is 25.8 Å². The molecule has 1 heterocycles. The van der Waals surface area contributed by atoms with Gasteiger partial charge in [-0.25, -0.2) is 14.0 Å². The van der Waals surface area contributed by atoms with E-state index in [4.69, 9.17) is 9.47 Å². The fourth-order valence-electron chi connectivity index (χ4n) is 2.52. The molecule has 0 aliphatic heterocycles. The number of hydrogen-bond acceptors (Lipinski definition) is 5. The molecule has 2 aromatic carbocycles. The number of benzene rings is 2. The van der Waals surface area contributed by atoms with E-state index in [1.165, 1.54) is 4.68 Å². The van der Waals surface area contributed by atoms with Gasteiger partial charge in [0.2, 0.25) is 0 Å². The number of rotatable bonds is 9. The highest BCUT2D eigenvalue weighted by Crippen LogP contribution is 2.05. The third-order valence-electron chi connectivity index (χ3n) is 3.94. The molecular formula is C20H20BrN3O4. The maximum Gasteiger partial charge on any atom is 0.349 e. The van der Waals surface area contributed by atoms with Crippen LogP contribution >= 0.6 is 15.9 Å². The second kappa shape index (κ2) is 10.0. The molecule has 0 saturated heterocycles. The molecule has 3 rings (SSSR count). The number of hydrogen-bond donors (Lipinski definition) is 0. The Labute approximate surface area is 170 Å². The first-order valence-electron chi connectivity index (χ1n) is 8.75. The fraction of sp³-hybridized carbons (Fsp3) is 0.250. The van der Waals surface area contributed by atoms with E-state index >= 15 is 0 Å². The Morgan fingerprint density at radius 2 is 1.50 bits per heavy atom. The average molecular weight is 446 g/mol. The number of aromatic nitrogens is 3. The third kappa shape index (κ3) is 5.17. The summed E-state index contributed by atoms with van der Waals surface area (Å²) >= 11 is 3.29. The summed E-state index contributed by atoms with van der Waals surface area (Å²) < 4.78 is 13.4. The zero-order valence-corrected chi connectivity index (χ0v) is 16.7. The average Bonchev–Trinajstić information content (AvgIpc) is 2.73. The standard InChI is InChI=1S/C20H20BrN3O4/c21-11-12-24-20(26)23(15-27-13-16-7-3-1-4-8-16)19(25)18(22-24)28-14-17-9-5-2-6-10-17/h1-10H,11-15H2. The van der Waals surface area contributed by atoms with Gasteiger partial charge in [-0.1, -0.05) is 76.6 Å². The van der Waals surface area contributed by atoms with Crippen molar-refractivity contribution in [3.8, 4) is 5.88 Å². The van der Waals surface area contributed by atoms with Crippen LogP contribution in [0.25, 0.3) is 0 Å². The Balaban J connectivity index is 1.80. The van der Waals surface area contributed by atoms with E-state index in [1.807, 2.05) is 60.7 Å². The van der Waals surface area contributed by atoms with Crippen molar-refractivity contribution in [2.45, 2.75) is 26.5 Å². The predicted octanol–water partition coefficient (Wildman–Crippen LogP) is 2.55. The molecule has 0 aliphatic carbocycles. The van der Waals surface area contributed by atoms with Crippen LogP contribution in [-0.4, -0.2) is 19.7 Å². The van der Waals surface area contributed by atoms with Crippen LogP contribution in [-0.2, 0) is 31.2 Å². The first kappa shape index (κ1) is 20.0. The molecule has 7 nitrogen and oxygen atoms in total. The lowest BCUT2D eigenvalue weighted by Crippen LogP contribution is -2.42. The minimum Gasteiger partial charge on any atom is -0.468 e. The van der Waals surface area contributed by atoms with Gasteiger partial charge in [0.15, 0.2) is 0 Å². The number of halogens is 1. The summed E-state index contributed by atoms with van der Waals surface area (Å²) in [6.45, 7) is 0.590. The summed E-state index contributed by atoms with van der Waals surface area (Å²) in [5, 5.41) is 4.58. The highest BCUT2D eigenvalue weighted by atomic mass is 79.9. The summed E-state index contributed by atoms with van der Waals surface area (Å²) in [4.78, 5) is 25.2. The number of ether oxygens (including phenoxy) is 2. The van der Waals surface area contributed by atoms with E-state index in [2.05, 4.69) is 21.0 Å². The van der Waals surface area contributed by atoms with Gasteiger partial charge < -0.3 is 9.47 Å². The minimum atomic E-state index is -0.611. The zero-order valence-electron chi connectivity index (χ0n) is 15.2. The molecule has 3 aromatic rings. The smallest absolute Gasteiger partial charge is 0.349 e. The van der Waals surface area contributed by atoms with Crippen LogP contribution < -0.4 is 16.0 Å². The molecule has 146 valence electrons. The Morgan fingerprint density at radius 3 is 2.11 bits per heavy atom. The Bertz CT molecular complexity index is 1000. The maximum atomic E-state index is 12.7. The minimum absolute atomic E-state index is 0.132. The summed E-state index contributed by atoms with van der Waals surface area (Å²) in [5.41, 5.74) is 0.698. The molecule has 0 saturated carbocycles. The lowest BCUT2D eigenvalue weighted by Gasteiger charge is -2.12. The molecule has 0 aliphatic rings. The highest BCUT2D eigenvalue weighted by Gasteiger charge is 2.14. The number of nitrogens with zero attached hydrogens (tertiary/aromatic N) is 3. The van der Waals surface area contributed by atoms with Crippen molar-refractivity contribution >= 4 is 15.9 Å². The number of aryl methyl sites for hydroxylation is 1. The van der Waals surface area contributed by atoms with Crippen LogP contribution in [0.15, 0.2) is 70.3 Å². The molecule has 0 unspecified atom stereocenters. The summed E-state index contributed by atoms with van der Waals surface area (Å²) in [5.74, 6) is -0.132. The summed E-state index contributed by atoms with van der Waals surface area (Å²) in [7, 11) is 0. The first-order chi connectivity index (χ1) is 13.7. The first-order valence-corrected chi connectivity index (χ1v) is 9.87. The van der Waals surface area contributed by atoms with Crippen molar-refractivity contribution < 1.29 is 9.47 Å². The van der Waals surface area contributed by atoms with E-state index in [1.54, 1.807) is 0 Å². The molecule has 0 amide bonds. The van der Waals surface area contributed by atoms with Gasteiger partial charge in [-0.15, -0.1) is 5.10 Å². The van der Waals surface area contributed by atoms with Crippen molar-refractivity contribution in [1.29, 1.82) is 0 Å². The van der Waals surface area contributed by atoms with Gasteiger partial charge in [0.25, 0.3) is 5.88 Å². The van der Waals surface area contributed by atoms with Crippen molar-refractivity contribution in [1.82, 2.24) is 14.3 Å². The largest absolute Gasteiger partial charge is 0.468 e. The van der Waals surface area contributed by atoms with Gasteiger partial charge >= 0.3 is 11.2 Å². The van der Waals surface area contributed by atoms with Crippen molar-refractivity contribution in [2.75, 3.05) is 5.33 Å². The Kier molecular flexibility index (Phi) is 7.16. The van der Waals surface area contributed by atoms with Gasteiger partial charge in [0.05, 0.1) is 13.2 Å². The van der Waals surface area contributed by atoms with Crippen molar-refractivity contribution in [2.24, 2.45) is 0 Å². The van der Waals surface area contributed by atoms with E-state index < -0.39 is 11.2 Å². The second-order valence-corrected chi connectivity index (χ2v) is 6.76. The third-order valence-corrected chi connectivity index (χ3v) is 4.29. The molecular weight excluding hydrogens is 426 g/mol. The quantitative estimate of drug-likeness (QED) is 0.473. The maximum absolute atomic E-state index is 12.7. The normalized spacial score (nSPS) is 10.8. The Morgan fingerprint density at radius 1 is 0.893 bits per heavy atom. The summed E-state index contributed by atoms with van der Waals surface area (Å²) in [6.07, 6.45) is 0. The van der Waals surface area contributed by atoms with Crippen LogP contribution in [0.2, 0.25) is 0 Å². The van der Waals surface area contributed by atoms with Crippen LogP contribution in [0, 0.1) is 0 Å². The van der Waals surface area contributed by atoms with E-state index in [0.29, 0.717) is 11.9 Å². The second-order valence-electron chi connectivity index (χ2n) is 5.97. The van der Waals surface area contributed by atoms with E-state index in [0.717, 1.165) is 15.7 Å². The highest BCUT2D eigenvalue weighted by molar-refractivity contribution is 9.09. The SMILES string of the molecule is O=c1c(OCc2ccccc2)nn(CCBr)c(=O)n1COCc1ccccc1. The van der Waals surface area contributed by atoms with Gasteiger partial charge in [0, 0.05) is 5.33 Å². The lowest BCUT2D eigenvalue weighted by molar-refractivity contribution is 0.0557. The molecule has 0 spiro atoms. The molecule has 0 N–H and O–H groups in total. The zero-order chi connectivity index (χ0) is 19.8. The van der Waals surface area contributed by atoms with Gasteiger partial charge in [-0.2, -0.15) is 0 Å². The van der Waals surface area contributed by atoms with Crippen LogP contribution in [0.3, 0.4) is 0 Å². The van der Waals surface area contributed by atoms with Crippen LogP contribution in [0.4, 0.5) is 0 Å². The van der Waals surface area contributed by atoms with Gasteiger partial charge in [-0.05, 0) is 11.1 Å². The molecule has 0 fully saturated rings. The molecule has 0 radical (unpaired) electrons. The van der Waals surface area contributed by atoms with E-state index in [9.17, 15) is 9.59 Å². The molecule has 0 atom stereocenters. The fourth-order valence-corrected chi connectivity index (χ4v) is 2.86. The molecule has 0 bridgehead atoms. The lowest BCUT2D eigenvalue weighted by atomic mass is 10.2. The summed E-state index contributed by atoms with van der Waals surface area (Å²) in [6, 6.07) is 19.0. The monoisotopic (exact) mass is 445 g/mol. The van der Waals surface area contributed by atoms with Gasteiger partial charge in [0.1, 0.15) is 13.3 Å². The Hall–Kier alpha value is -2.71. The van der Waals surface area contributed by atoms with Crippen LogP contribution in [0.5, 0.6) is 5.88 Å². The molecule has 8 heteroatoms. The van der Waals surface area contributed by atoms with Crippen molar-refractivity contribution in [3.05, 3.63) is 92.6 Å². The van der Waals surface area contributed by atoms with Gasteiger partial charge in [-0.3, -0.25) is 4.79 Å². The topological polar surface area (TPSA) is 75.4 Å². The number of alkyl halides is 1. The molecule has 28 heavy (non-hydrogen) atoms. The van der Waals surface area contributed by atoms with Crippen molar-refractivity contribution in [3.63, 3.8) is 0 Å². The van der Waals surface area contributed by atoms with Crippen LogP contribution in [0.1, 0.15) is 11.1 Å². The predicted molar refractivity (Wildman–Crippen MR) is 109 cm³/mol.